The maximum Gasteiger partial charge on any atom is 0.211 e. The first-order valence-electron chi connectivity index (χ1n) is 6.73. The number of pyridine rings is 1. The highest BCUT2D eigenvalue weighted by Gasteiger charge is 2.20. The molecule has 1 aromatic rings. The summed E-state index contributed by atoms with van der Waals surface area (Å²) >= 11 is 0. The molecule has 1 N–H and O–H groups in total. The van der Waals surface area contributed by atoms with Gasteiger partial charge in [-0.25, -0.2) is 13.1 Å². The highest BCUT2D eigenvalue weighted by atomic mass is 32.2. The molecule has 0 atom stereocenters. The topological polar surface area (TPSA) is 62.3 Å². The molecule has 6 heteroatoms. The summed E-state index contributed by atoms with van der Waals surface area (Å²) in [4.78, 5) is 6.43. The molecular weight excluding hydrogens is 262 g/mol. The molecule has 1 aliphatic heterocycles. The van der Waals surface area contributed by atoms with Crippen LogP contribution in [0.4, 0.5) is 5.69 Å². The van der Waals surface area contributed by atoms with Crippen LogP contribution in [-0.2, 0) is 10.0 Å². The summed E-state index contributed by atoms with van der Waals surface area (Å²) in [5.74, 6) is 0.593. The van der Waals surface area contributed by atoms with Crippen molar-refractivity contribution >= 4 is 15.7 Å². The Morgan fingerprint density at radius 3 is 2.74 bits per heavy atom. The van der Waals surface area contributed by atoms with Crippen molar-refractivity contribution in [1.29, 1.82) is 0 Å². The molecule has 106 valence electrons. The SMILES string of the molecule is CCS(=O)(=O)NCC1CCN(c2cccnc2)CC1. The first-order valence-corrected chi connectivity index (χ1v) is 8.38. The predicted molar refractivity (Wildman–Crippen MR) is 76.6 cm³/mol. The lowest BCUT2D eigenvalue weighted by molar-refractivity contribution is 0.402. The van der Waals surface area contributed by atoms with Gasteiger partial charge in [0.1, 0.15) is 0 Å². The van der Waals surface area contributed by atoms with Crippen molar-refractivity contribution in [3.63, 3.8) is 0 Å². The molecular formula is C13H21N3O2S. The van der Waals surface area contributed by atoms with Crippen molar-refractivity contribution in [3.8, 4) is 0 Å². The minimum absolute atomic E-state index is 0.154. The molecule has 0 aromatic carbocycles. The van der Waals surface area contributed by atoms with Gasteiger partial charge < -0.3 is 4.90 Å². The smallest absolute Gasteiger partial charge is 0.211 e. The Kier molecular flexibility index (Phi) is 4.76. The van der Waals surface area contributed by atoms with Gasteiger partial charge in [0.05, 0.1) is 17.6 Å². The fraction of sp³-hybridized carbons (Fsp3) is 0.615. The van der Waals surface area contributed by atoms with Gasteiger partial charge in [-0.15, -0.1) is 0 Å². The Balaban J connectivity index is 1.80. The Morgan fingerprint density at radius 2 is 2.16 bits per heavy atom. The van der Waals surface area contributed by atoms with E-state index in [2.05, 4.69) is 20.7 Å². The Bertz CT molecular complexity index is 482. The number of sulfonamides is 1. The molecule has 2 rings (SSSR count). The molecule has 1 saturated heterocycles. The standard InChI is InChI=1S/C13H21N3O2S/c1-2-19(17,18)15-10-12-5-8-16(9-6-12)13-4-3-7-14-11-13/h3-4,7,11-12,15H,2,5-6,8-10H2,1H3. The van der Waals surface area contributed by atoms with Crippen molar-refractivity contribution in [2.45, 2.75) is 19.8 Å². The number of hydrogen-bond donors (Lipinski definition) is 1. The van der Waals surface area contributed by atoms with Crippen molar-refractivity contribution in [2.24, 2.45) is 5.92 Å². The maximum absolute atomic E-state index is 11.4. The van der Waals surface area contributed by atoms with Crippen LogP contribution in [0, 0.1) is 5.92 Å². The normalized spacial score (nSPS) is 17.6. The van der Waals surface area contributed by atoms with Gasteiger partial charge in [-0.05, 0) is 37.8 Å². The quantitative estimate of drug-likeness (QED) is 0.883. The summed E-state index contributed by atoms with van der Waals surface area (Å²) in [6.07, 6.45) is 5.68. The predicted octanol–water partition coefficient (Wildman–Crippen LogP) is 1.24. The van der Waals surface area contributed by atoms with Crippen LogP contribution in [-0.4, -0.2) is 38.8 Å². The molecule has 2 heterocycles. The third-order valence-electron chi connectivity index (χ3n) is 3.60. The molecule has 0 spiro atoms. The molecule has 0 unspecified atom stereocenters. The molecule has 1 aromatic heterocycles. The maximum atomic E-state index is 11.4. The average Bonchev–Trinajstić information content (AvgIpc) is 2.47. The Morgan fingerprint density at radius 1 is 1.42 bits per heavy atom. The van der Waals surface area contributed by atoms with E-state index in [1.807, 2.05) is 12.3 Å². The van der Waals surface area contributed by atoms with E-state index in [0.717, 1.165) is 31.6 Å². The first kappa shape index (κ1) is 14.3. The lowest BCUT2D eigenvalue weighted by atomic mass is 9.97. The van der Waals surface area contributed by atoms with Crippen molar-refractivity contribution in [1.82, 2.24) is 9.71 Å². The zero-order valence-electron chi connectivity index (χ0n) is 11.2. The number of piperidine rings is 1. The molecule has 19 heavy (non-hydrogen) atoms. The minimum Gasteiger partial charge on any atom is -0.370 e. The minimum atomic E-state index is -3.06. The van der Waals surface area contributed by atoms with Crippen molar-refractivity contribution in [3.05, 3.63) is 24.5 Å². The molecule has 1 fully saturated rings. The first-order chi connectivity index (χ1) is 9.11. The van der Waals surface area contributed by atoms with Gasteiger partial charge >= 0.3 is 0 Å². The van der Waals surface area contributed by atoms with E-state index in [-0.39, 0.29) is 5.75 Å². The van der Waals surface area contributed by atoms with Crippen molar-refractivity contribution in [2.75, 3.05) is 30.3 Å². The highest BCUT2D eigenvalue weighted by Crippen LogP contribution is 2.22. The third kappa shape index (κ3) is 4.18. The number of aromatic nitrogens is 1. The molecule has 0 amide bonds. The summed E-state index contributed by atoms with van der Waals surface area (Å²) in [6.45, 7) is 4.15. The summed E-state index contributed by atoms with van der Waals surface area (Å²) in [6, 6.07) is 4.00. The second-order valence-corrected chi connectivity index (χ2v) is 6.99. The molecule has 0 radical (unpaired) electrons. The number of nitrogens with one attached hydrogen (secondary N) is 1. The van der Waals surface area contributed by atoms with Crippen LogP contribution in [0.2, 0.25) is 0 Å². The van der Waals surface area contributed by atoms with Gasteiger partial charge in [0.25, 0.3) is 0 Å². The largest absolute Gasteiger partial charge is 0.370 e. The van der Waals surface area contributed by atoms with Gasteiger partial charge in [0.2, 0.25) is 10.0 Å². The Hall–Kier alpha value is -1.14. The molecule has 5 nitrogen and oxygen atoms in total. The number of rotatable bonds is 5. The fourth-order valence-electron chi connectivity index (χ4n) is 2.28. The molecule has 1 aliphatic rings. The molecule has 0 bridgehead atoms. The average molecular weight is 283 g/mol. The number of anilines is 1. The summed E-state index contributed by atoms with van der Waals surface area (Å²) in [7, 11) is -3.06. The van der Waals surface area contributed by atoms with Crippen LogP contribution in [0.3, 0.4) is 0 Å². The highest BCUT2D eigenvalue weighted by molar-refractivity contribution is 7.89. The lowest BCUT2D eigenvalue weighted by Crippen LogP contribution is -2.39. The van der Waals surface area contributed by atoms with Gasteiger partial charge in [0, 0.05) is 25.8 Å². The zero-order valence-corrected chi connectivity index (χ0v) is 12.1. The van der Waals surface area contributed by atoms with Gasteiger partial charge in [0.15, 0.2) is 0 Å². The van der Waals surface area contributed by atoms with E-state index in [9.17, 15) is 8.42 Å². The van der Waals surface area contributed by atoms with Gasteiger partial charge in [-0.3, -0.25) is 4.98 Å². The molecule has 0 saturated carbocycles. The summed E-state index contributed by atoms with van der Waals surface area (Å²) < 4.78 is 25.5. The van der Waals surface area contributed by atoms with Crippen LogP contribution in [0.1, 0.15) is 19.8 Å². The van der Waals surface area contributed by atoms with Crippen molar-refractivity contribution < 1.29 is 8.42 Å². The second-order valence-electron chi connectivity index (χ2n) is 4.89. The third-order valence-corrected chi connectivity index (χ3v) is 4.96. The van der Waals surface area contributed by atoms with E-state index in [4.69, 9.17) is 0 Å². The van der Waals surface area contributed by atoms with Gasteiger partial charge in [-0.2, -0.15) is 0 Å². The Labute approximate surface area is 115 Å². The summed E-state index contributed by atoms with van der Waals surface area (Å²) in [5, 5.41) is 0. The van der Waals surface area contributed by atoms with Crippen LogP contribution < -0.4 is 9.62 Å². The van der Waals surface area contributed by atoms with E-state index in [1.165, 1.54) is 0 Å². The van der Waals surface area contributed by atoms with Crippen LogP contribution in [0.15, 0.2) is 24.5 Å². The molecule has 0 aliphatic carbocycles. The number of nitrogens with zero attached hydrogens (tertiary/aromatic N) is 2. The van der Waals surface area contributed by atoms with E-state index >= 15 is 0 Å². The van der Waals surface area contributed by atoms with E-state index < -0.39 is 10.0 Å². The van der Waals surface area contributed by atoms with E-state index in [1.54, 1.807) is 13.1 Å². The summed E-state index contributed by atoms with van der Waals surface area (Å²) in [5.41, 5.74) is 1.15. The van der Waals surface area contributed by atoms with Gasteiger partial charge in [-0.1, -0.05) is 0 Å². The van der Waals surface area contributed by atoms with Crippen LogP contribution in [0.25, 0.3) is 0 Å². The monoisotopic (exact) mass is 283 g/mol. The van der Waals surface area contributed by atoms with E-state index in [0.29, 0.717) is 12.5 Å². The second kappa shape index (κ2) is 6.34. The zero-order chi connectivity index (χ0) is 13.7. The fourth-order valence-corrected chi connectivity index (χ4v) is 2.98. The van der Waals surface area contributed by atoms with Crippen LogP contribution in [0.5, 0.6) is 0 Å². The van der Waals surface area contributed by atoms with Crippen LogP contribution >= 0.6 is 0 Å². The number of hydrogen-bond acceptors (Lipinski definition) is 4. The lowest BCUT2D eigenvalue weighted by Gasteiger charge is -2.33.